The van der Waals surface area contributed by atoms with Crippen LogP contribution in [0.3, 0.4) is 0 Å². The lowest BCUT2D eigenvalue weighted by atomic mass is 9.82. The van der Waals surface area contributed by atoms with Crippen molar-refractivity contribution in [2.24, 2.45) is 0 Å². The van der Waals surface area contributed by atoms with Crippen molar-refractivity contribution in [2.75, 3.05) is 6.54 Å². The fraction of sp³-hybridized carbons (Fsp3) is 0.364. The third kappa shape index (κ3) is 5.39. The number of para-hydroxylation sites is 1. The quantitative estimate of drug-likeness (QED) is 0.263. The highest BCUT2D eigenvalue weighted by molar-refractivity contribution is 6.03. The molecule has 5 rings (SSSR count). The number of benzene rings is 3. The molecule has 200 valence electrons. The van der Waals surface area contributed by atoms with Crippen molar-refractivity contribution in [2.45, 2.75) is 71.5 Å². The largest absolute Gasteiger partial charge is 0.349 e. The number of aromatic nitrogens is 1. The van der Waals surface area contributed by atoms with E-state index in [4.69, 9.17) is 0 Å². The van der Waals surface area contributed by atoms with E-state index in [1.807, 2.05) is 13.8 Å². The van der Waals surface area contributed by atoms with Crippen molar-refractivity contribution in [1.29, 1.82) is 0 Å². The lowest BCUT2D eigenvalue weighted by molar-refractivity contribution is 0.0930. The predicted molar refractivity (Wildman–Crippen MR) is 161 cm³/mol. The average molecular weight is 530 g/mol. The Kier molecular flexibility index (Phi) is 8.64. The van der Waals surface area contributed by atoms with E-state index in [9.17, 15) is 4.79 Å². The summed E-state index contributed by atoms with van der Waals surface area (Å²) in [5, 5.41) is 8.08. The molecule has 0 aliphatic carbocycles. The zero-order chi connectivity index (χ0) is 26.1. The van der Waals surface area contributed by atoms with Gasteiger partial charge in [-0.2, -0.15) is 0 Å². The SMILES string of the molecule is Cc1ccc(C(c2ccc(C)cc2)c2c(C(=O)NC(C)C)n(C(C)C3CCCN3)c3ccccc23)cc1.Cl. The highest BCUT2D eigenvalue weighted by atomic mass is 35.5. The van der Waals surface area contributed by atoms with Gasteiger partial charge < -0.3 is 15.2 Å². The standard InChI is InChI=1S/C33H39N3O.ClH/c1-21(2)35-33(37)32-31(27-9-6-7-11-29(27)36(32)24(5)28-10-8-20-34-28)30(25-16-12-22(3)13-17-25)26-18-14-23(4)15-19-26;/h6-7,9,11-19,21,24,28,30,34H,8,10,20H2,1-5H3,(H,35,37);1H. The molecule has 1 amide bonds. The Bertz CT molecular complexity index is 1340. The molecule has 1 fully saturated rings. The van der Waals surface area contributed by atoms with Gasteiger partial charge in [0.1, 0.15) is 5.69 Å². The number of aryl methyl sites for hydroxylation is 2. The zero-order valence-electron chi connectivity index (χ0n) is 23.1. The van der Waals surface area contributed by atoms with Crippen LogP contribution >= 0.6 is 12.4 Å². The number of amides is 1. The Labute approximate surface area is 233 Å². The second kappa shape index (κ2) is 11.8. The van der Waals surface area contributed by atoms with Crippen molar-refractivity contribution in [1.82, 2.24) is 15.2 Å². The van der Waals surface area contributed by atoms with Crippen molar-refractivity contribution < 1.29 is 4.79 Å². The highest BCUT2D eigenvalue weighted by Crippen LogP contribution is 2.42. The molecule has 1 aromatic heterocycles. The molecule has 2 heterocycles. The third-order valence-electron chi connectivity index (χ3n) is 7.78. The molecule has 0 bridgehead atoms. The van der Waals surface area contributed by atoms with Gasteiger partial charge in [-0.3, -0.25) is 4.79 Å². The third-order valence-corrected chi connectivity index (χ3v) is 7.78. The van der Waals surface area contributed by atoms with Crippen molar-refractivity contribution in [3.05, 3.63) is 106 Å². The molecule has 2 N–H and O–H groups in total. The molecule has 4 aromatic rings. The molecule has 1 aliphatic rings. The van der Waals surface area contributed by atoms with E-state index in [0.717, 1.165) is 35.1 Å². The van der Waals surface area contributed by atoms with Crippen LogP contribution in [0, 0.1) is 13.8 Å². The van der Waals surface area contributed by atoms with E-state index < -0.39 is 0 Å². The number of rotatable bonds is 7. The summed E-state index contributed by atoms with van der Waals surface area (Å²) in [5.41, 5.74) is 7.84. The number of halogens is 1. The van der Waals surface area contributed by atoms with E-state index in [1.165, 1.54) is 28.7 Å². The first-order valence-corrected chi connectivity index (χ1v) is 13.7. The van der Waals surface area contributed by atoms with Gasteiger partial charge in [0.25, 0.3) is 5.91 Å². The highest BCUT2D eigenvalue weighted by Gasteiger charge is 2.34. The number of nitrogens with one attached hydrogen (secondary N) is 2. The number of fused-ring (bicyclic) bond motifs is 1. The Morgan fingerprint density at radius 2 is 1.47 bits per heavy atom. The Morgan fingerprint density at radius 1 is 0.895 bits per heavy atom. The van der Waals surface area contributed by atoms with Crippen LogP contribution in [-0.2, 0) is 0 Å². The van der Waals surface area contributed by atoms with Gasteiger partial charge in [0.2, 0.25) is 0 Å². The maximum Gasteiger partial charge on any atom is 0.268 e. The first kappa shape index (κ1) is 27.9. The number of carbonyl (C=O) groups is 1. The average Bonchev–Trinajstić information content (AvgIpc) is 3.53. The minimum Gasteiger partial charge on any atom is -0.349 e. The summed E-state index contributed by atoms with van der Waals surface area (Å²) in [6.45, 7) is 11.6. The molecule has 2 unspecified atom stereocenters. The van der Waals surface area contributed by atoms with Gasteiger partial charge in [0.15, 0.2) is 0 Å². The fourth-order valence-corrected chi connectivity index (χ4v) is 5.91. The van der Waals surface area contributed by atoms with Gasteiger partial charge in [-0.25, -0.2) is 0 Å². The van der Waals surface area contributed by atoms with Crippen molar-refractivity contribution >= 4 is 29.2 Å². The maximum atomic E-state index is 14.1. The summed E-state index contributed by atoms with van der Waals surface area (Å²) in [6, 6.07) is 26.7. The summed E-state index contributed by atoms with van der Waals surface area (Å²) in [7, 11) is 0. The molecular weight excluding hydrogens is 490 g/mol. The topological polar surface area (TPSA) is 46.1 Å². The van der Waals surface area contributed by atoms with E-state index in [1.54, 1.807) is 0 Å². The van der Waals surface area contributed by atoms with Gasteiger partial charge in [-0.15, -0.1) is 12.4 Å². The molecule has 1 saturated heterocycles. The van der Waals surface area contributed by atoms with Gasteiger partial charge in [-0.05, 0) is 71.2 Å². The van der Waals surface area contributed by atoms with E-state index in [0.29, 0.717) is 6.04 Å². The van der Waals surface area contributed by atoms with Crippen molar-refractivity contribution in [3.8, 4) is 0 Å². The summed E-state index contributed by atoms with van der Waals surface area (Å²) < 4.78 is 2.32. The number of carbonyl (C=O) groups excluding carboxylic acids is 1. The molecule has 5 heteroatoms. The van der Waals surface area contributed by atoms with Crippen LogP contribution < -0.4 is 10.6 Å². The molecular formula is C33H40ClN3O. The molecule has 3 aromatic carbocycles. The summed E-state index contributed by atoms with van der Waals surface area (Å²) >= 11 is 0. The van der Waals surface area contributed by atoms with E-state index >= 15 is 0 Å². The van der Waals surface area contributed by atoms with Crippen LogP contribution in [0.4, 0.5) is 0 Å². The van der Waals surface area contributed by atoms with Crippen LogP contribution in [0.5, 0.6) is 0 Å². The Balaban J connectivity index is 0.00000336. The lowest BCUT2D eigenvalue weighted by Crippen LogP contribution is -2.36. The second-order valence-corrected chi connectivity index (χ2v) is 11.0. The monoisotopic (exact) mass is 529 g/mol. The molecule has 1 aliphatic heterocycles. The summed E-state index contributed by atoms with van der Waals surface area (Å²) in [6.07, 6.45) is 2.29. The molecule has 2 atom stereocenters. The second-order valence-electron chi connectivity index (χ2n) is 11.0. The van der Waals surface area contributed by atoms with Crippen LogP contribution in [0.15, 0.2) is 72.8 Å². The molecule has 4 nitrogen and oxygen atoms in total. The van der Waals surface area contributed by atoms with Gasteiger partial charge in [-0.1, -0.05) is 77.9 Å². The Morgan fingerprint density at radius 3 is 2.00 bits per heavy atom. The summed E-state index contributed by atoms with van der Waals surface area (Å²) in [5.74, 6) is -0.0701. The molecule has 0 saturated carbocycles. The first-order valence-electron chi connectivity index (χ1n) is 13.7. The van der Waals surface area contributed by atoms with Crippen LogP contribution in [0.1, 0.15) is 83.9 Å². The molecule has 0 spiro atoms. The van der Waals surface area contributed by atoms with Gasteiger partial charge >= 0.3 is 0 Å². The van der Waals surface area contributed by atoms with Gasteiger partial charge in [0.05, 0.1) is 0 Å². The van der Waals surface area contributed by atoms with E-state index in [2.05, 4.69) is 109 Å². The van der Waals surface area contributed by atoms with Crippen LogP contribution in [-0.4, -0.2) is 29.1 Å². The number of nitrogens with zero attached hydrogens (tertiary/aromatic N) is 1. The minimum atomic E-state index is -0.0657. The number of hydrogen-bond donors (Lipinski definition) is 2. The minimum absolute atomic E-state index is 0. The zero-order valence-corrected chi connectivity index (χ0v) is 23.9. The predicted octanol–water partition coefficient (Wildman–Crippen LogP) is 7.31. The lowest BCUT2D eigenvalue weighted by Gasteiger charge is -2.26. The maximum absolute atomic E-state index is 14.1. The van der Waals surface area contributed by atoms with Crippen LogP contribution in [0.25, 0.3) is 10.9 Å². The first-order chi connectivity index (χ1) is 17.8. The normalized spacial score (nSPS) is 16.1. The van der Waals surface area contributed by atoms with Crippen LogP contribution in [0.2, 0.25) is 0 Å². The smallest absolute Gasteiger partial charge is 0.268 e. The van der Waals surface area contributed by atoms with Gasteiger partial charge in [0, 0.05) is 40.5 Å². The number of hydrogen-bond acceptors (Lipinski definition) is 2. The summed E-state index contributed by atoms with van der Waals surface area (Å²) in [4.78, 5) is 14.1. The Hall–Kier alpha value is -3.08. The van der Waals surface area contributed by atoms with E-state index in [-0.39, 0.29) is 36.3 Å². The molecule has 38 heavy (non-hydrogen) atoms. The molecule has 0 radical (unpaired) electrons. The fourth-order valence-electron chi connectivity index (χ4n) is 5.91. The van der Waals surface area contributed by atoms with Crippen molar-refractivity contribution in [3.63, 3.8) is 0 Å².